The van der Waals surface area contributed by atoms with Crippen LogP contribution < -0.4 is 42.9 Å². The van der Waals surface area contributed by atoms with E-state index in [4.69, 9.17) is 55.9 Å². The fourth-order valence-electron chi connectivity index (χ4n) is 3.15. The summed E-state index contributed by atoms with van der Waals surface area (Å²) in [5.41, 5.74) is 9.99. The maximum Gasteiger partial charge on any atom is 0.256 e. The predicted molar refractivity (Wildman–Crippen MR) is 369 cm³/mol. The molecule has 22 nitrogen and oxygen atoms in total. The van der Waals surface area contributed by atoms with Gasteiger partial charge in [-0.15, -0.1) is 12.4 Å². The van der Waals surface area contributed by atoms with E-state index in [0.717, 1.165) is 65.0 Å². The maximum absolute atomic E-state index is 5.75. The Balaban J connectivity index is -0.000000182. The van der Waals surface area contributed by atoms with Crippen molar-refractivity contribution < 1.29 is 14.4 Å². The number of anilines is 6. The van der Waals surface area contributed by atoms with Gasteiger partial charge < -0.3 is 47.3 Å². The van der Waals surface area contributed by atoms with Crippen molar-refractivity contribution in [3.8, 4) is 0 Å². The van der Waals surface area contributed by atoms with E-state index in [9.17, 15) is 0 Å². The second kappa shape index (κ2) is 57.7. The molecule has 0 aliphatic rings. The normalized spacial score (nSPS) is 9.84. The van der Waals surface area contributed by atoms with E-state index in [1.54, 1.807) is 28.3 Å². The number of hydrogen-bond donors (Lipinski definition) is 6. The highest BCUT2D eigenvalue weighted by Gasteiger charge is 2.11. The third kappa shape index (κ3) is 64.8. The number of nitrogens with one attached hydrogen (secondary N) is 4. The van der Waals surface area contributed by atoms with Crippen molar-refractivity contribution in [1.29, 1.82) is 0 Å². The Kier molecular flexibility index (Phi) is 69.1. The Labute approximate surface area is 548 Å². The lowest BCUT2D eigenvalue weighted by Gasteiger charge is -2.16. The van der Waals surface area contributed by atoms with Gasteiger partial charge in [-0.3, -0.25) is 9.68 Å². The van der Waals surface area contributed by atoms with Crippen LogP contribution in [0.5, 0.6) is 0 Å². The summed E-state index contributed by atoms with van der Waals surface area (Å²) in [5.74, 6) is 2.80. The molecule has 0 aliphatic carbocycles. The first-order chi connectivity index (χ1) is 32.3. The van der Waals surface area contributed by atoms with Crippen LogP contribution in [0, 0.1) is 0 Å². The average molecular weight is 1980 g/mol. The molecule has 0 atom stereocenters. The summed E-state index contributed by atoms with van der Waals surface area (Å²) in [6, 6.07) is 0. The Morgan fingerprint density at radius 1 is 0.557 bits per heavy atom. The number of methoxy groups -OCH3 is 1. The van der Waals surface area contributed by atoms with Gasteiger partial charge in [0.25, 0.3) is 11.9 Å². The minimum absolute atomic E-state index is 0. The van der Waals surface area contributed by atoms with Crippen LogP contribution in [-0.4, -0.2) is 173 Å². The Hall–Kier alpha value is 2.55. The van der Waals surface area contributed by atoms with Crippen molar-refractivity contribution in [2.75, 3.05) is 150 Å². The van der Waals surface area contributed by atoms with E-state index in [1.165, 1.54) is 19.7 Å². The molecule has 414 valence electrons. The zero-order valence-corrected chi connectivity index (χ0v) is 62.2. The lowest BCUT2D eigenvalue weighted by Crippen LogP contribution is -2.23. The van der Waals surface area contributed by atoms with Crippen LogP contribution in [-0.2, 0) is 14.4 Å². The molecule has 3 heterocycles. The number of hydroxylamine groups is 2. The maximum atomic E-state index is 5.75. The number of hydrogen-bond acceptors (Lipinski definition) is 22. The molecule has 0 saturated carbocycles. The van der Waals surface area contributed by atoms with E-state index in [0.29, 0.717) is 41.9 Å². The molecular weight excluding hydrogens is 1900 g/mol. The summed E-state index contributed by atoms with van der Waals surface area (Å²) in [5, 5.41) is 15.6. The van der Waals surface area contributed by atoms with Gasteiger partial charge in [0.1, 0.15) is -0.627 Å². The second-order valence-electron chi connectivity index (χ2n) is 12.8. The van der Waals surface area contributed by atoms with Gasteiger partial charge in [0.2, 0.25) is 39.6 Å². The Morgan fingerprint density at radius 3 is 1.09 bits per heavy atom. The van der Waals surface area contributed by atoms with E-state index < -0.39 is 0 Å². The fourth-order valence-corrected chi connectivity index (χ4v) is 3.67. The van der Waals surface area contributed by atoms with Crippen molar-refractivity contribution in [3.05, 3.63) is 15.9 Å². The molecule has 3 rings (SSSR count). The van der Waals surface area contributed by atoms with Gasteiger partial charge in [-0.1, -0.05) is 201 Å². The number of halogens is 12. The predicted octanol–water partition coefficient (Wildman–Crippen LogP) is 10.8. The molecule has 0 fully saturated rings. The third-order valence-corrected chi connectivity index (χ3v) is 6.60. The molecule has 0 radical (unpaired) electrons. The number of likely N-dealkylation sites (N-methyl/N-ethyl adjacent to an activating group) is 2. The van der Waals surface area contributed by atoms with Crippen LogP contribution in [0.3, 0.4) is 0 Å². The van der Waals surface area contributed by atoms with Gasteiger partial charge in [0.15, 0.2) is 0 Å². The smallest absolute Gasteiger partial charge is 0.256 e. The van der Waals surface area contributed by atoms with E-state index in [-0.39, 0.29) is 28.3 Å². The number of alkyl halides is 8. The van der Waals surface area contributed by atoms with Crippen molar-refractivity contribution in [2.24, 2.45) is 11.5 Å². The number of nitrogens with zero attached hydrogens (tertiary/aromatic N) is 13. The highest BCUT2D eigenvalue weighted by molar-refractivity contribution is 14.3. The summed E-state index contributed by atoms with van der Waals surface area (Å²) in [7, 11) is 16.2. The SMILES string of the molecule is CC(I)(I)I.CCCNc1nc(Cl)nc(Cl)n1.CCCNc1nc(Cl)nc(N(C)OC)n1.CCCNc1nc(NCCN(C)C)nc(N(C)OC)n1.CN(C)CCN.COCN.Cl.IC(I)I.ICI. The monoisotopic (exact) mass is 1970 g/mol. The van der Waals surface area contributed by atoms with Crippen LogP contribution in [0.25, 0.3) is 0 Å². The number of ether oxygens (including phenoxy) is 1. The van der Waals surface area contributed by atoms with Crippen LogP contribution >= 0.6 is 228 Å². The minimum atomic E-state index is 0. The van der Waals surface area contributed by atoms with Crippen molar-refractivity contribution in [3.63, 3.8) is 0 Å². The Bertz CT molecular complexity index is 1590. The fraction of sp³-hybridized carbons (Fsp3) is 0.750. The van der Waals surface area contributed by atoms with Gasteiger partial charge in [-0.25, -0.2) is 10.1 Å². The van der Waals surface area contributed by atoms with Gasteiger partial charge in [-0.2, -0.15) is 44.9 Å². The van der Waals surface area contributed by atoms with Crippen molar-refractivity contribution in [2.45, 2.75) is 46.3 Å². The average Bonchev–Trinajstić information content (AvgIpc) is 3.26. The van der Waals surface area contributed by atoms with Gasteiger partial charge in [0.05, 0.1) is 23.4 Å². The van der Waals surface area contributed by atoms with Crippen LogP contribution in [0.15, 0.2) is 0 Å². The quantitative estimate of drug-likeness (QED) is 0.0266. The lowest BCUT2D eigenvalue weighted by molar-refractivity contribution is 0.180. The molecule has 34 heteroatoms. The van der Waals surface area contributed by atoms with Crippen molar-refractivity contribution in [1.82, 2.24) is 54.7 Å². The first-order valence-electron chi connectivity index (χ1n) is 20.3. The van der Waals surface area contributed by atoms with Crippen LogP contribution in [0.2, 0.25) is 15.9 Å². The molecule has 0 aliphatic heterocycles. The molecule has 0 amide bonds. The highest BCUT2D eigenvalue weighted by atomic mass is 127. The topological polar surface area (TPSA) is 257 Å². The molecule has 8 N–H and O–H groups in total. The largest absolute Gasteiger partial charge is 0.370 e. The molecule has 0 aromatic carbocycles. The zero-order valence-electron chi connectivity index (χ0n) is 41.8. The molecule has 0 bridgehead atoms. The minimum Gasteiger partial charge on any atom is -0.370 e. The summed E-state index contributed by atoms with van der Waals surface area (Å²) < 4.78 is 6.66. The lowest BCUT2D eigenvalue weighted by atomic mass is 10.5. The van der Waals surface area contributed by atoms with Crippen LogP contribution in [0.4, 0.5) is 35.7 Å². The molecular formula is C36H73Cl4I8N19O3. The highest BCUT2D eigenvalue weighted by Crippen LogP contribution is 2.33. The van der Waals surface area contributed by atoms with E-state index in [1.807, 2.05) is 35.1 Å². The molecule has 3 aromatic heterocycles. The van der Waals surface area contributed by atoms with E-state index >= 15 is 0 Å². The van der Waals surface area contributed by atoms with Gasteiger partial charge >= 0.3 is 0 Å². The summed E-state index contributed by atoms with van der Waals surface area (Å²) >= 11 is 35.4. The number of aromatic nitrogens is 9. The number of rotatable bonds is 20. The zero-order chi connectivity index (χ0) is 54.4. The van der Waals surface area contributed by atoms with Gasteiger partial charge in [0, 0.05) is 67.0 Å². The first-order valence-corrected chi connectivity index (χ1v) is 31.5. The summed E-state index contributed by atoms with van der Waals surface area (Å²) in [4.78, 5) is 50.4. The molecule has 70 heavy (non-hydrogen) atoms. The summed E-state index contributed by atoms with van der Waals surface area (Å²) in [6.07, 6.45) is 2.98. The van der Waals surface area contributed by atoms with Crippen molar-refractivity contribution >= 4 is 264 Å². The number of nitrogens with two attached hydrogens (primary N) is 2. The standard InChI is InChI=1S/C12H25N7O.C8H14ClN5O.C6H8Cl2N4.C4H12N2.C2H3I3.C2H7NO.CHI3.CH2I2.ClH/c1-6-7-13-10-15-11(14-8-9-18(2)3)17-12(16-10)19(4)20-5;1-4-5-10-7-11-6(9)12-8(13-7)14(2)15-3;1-2-3-9-6-11-4(7)10-5(8)12-6;1-6(2)4-3-5;1-2(3,4)5;1-4-2-3;2-1(3)4;2-1-3;/h6-9H2,1-5H3,(H2,13,14,15,16,17);4-5H2,1-3H3,(H,10,11,12,13);2-3H2,1H3,(H,9,10,11,12);3-5H2,1-2H3;1H3;2-3H2,1H3;1H;1H2;1H. The molecule has 0 unspecified atom stereocenters. The first kappa shape index (κ1) is 83.9. The molecule has 3 aromatic rings. The molecule has 0 spiro atoms. The third-order valence-electron chi connectivity index (χ3n) is 6.10. The summed E-state index contributed by atoms with van der Waals surface area (Å²) in [6.45, 7) is 14.5. The molecule has 0 saturated heterocycles. The van der Waals surface area contributed by atoms with Gasteiger partial charge in [-0.05, 0) is 89.2 Å². The second-order valence-corrected chi connectivity index (χ2v) is 41.8. The van der Waals surface area contributed by atoms with Crippen LogP contribution in [0.1, 0.15) is 47.0 Å². The van der Waals surface area contributed by atoms with E-state index in [2.05, 4.69) is 282 Å². The Morgan fingerprint density at radius 2 is 0.829 bits per heavy atom.